The number of sulfone groups is 1. The molecule has 0 amide bonds. The first-order valence-electron chi connectivity index (χ1n) is 5.40. The lowest BCUT2D eigenvalue weighted by Gasteiger charge is -2.16. The predicted molar refractivity (Wildman–Crippen MR) is 73.0 cm³/mol. The molecule has 102 valence electrons. The maximum absolute atomic E-state index is 12.2. The van der Waals surface area contributed by atoms with Crippen LogP contribution in [0.15, 0.2) is 23.1 Å². The summed E-state index contributed by atoms with van der Waals surface area (Å²) in [6, 6.07) is 4.56. The quantitative estimate of drug-likeness (QED) is 0.873. The van der Waals surface area contributed by atoms with Crippen LogP contribution in [0.25, 0.3) is 0 Å². The summed E-state index contributed by atoms with van der Waals surface area (Å²) < 4.78 is 29.7. The highest BCUT2D eigenvalue weighted by Gasteiger charge is 2.25. The van der Waals surface area contributed by atoms with E-state index in [0.717, 1.165) is 0 Å². The molecule has 1 aromatic rings. The van der Waals surface area contributed by atoms with E-state index in [-0.39, 0.29) is 27.2 Å². The van der Waals surface area contributed by atoms with Gasteiger partial charge in [-0.3, -0.25) is 0 Å². The molecular formula is C11H15Cl2NO3S. The summed E-state index contributed by atoms with van der Waals surface area (Å²) in [5.41, 5.74) is 5.46. The van der Waals surface area contributed by atoms with Crippen LogP contribution in [0.3, 0.4) is 0 Å². The SMILES string of the molecule is CCOC(CN)CS(=O)(=O)c1c(Cl)cccc1Cl. The molecule has 0 aromatic heterocycles. The van der Waals surface area contributed by atoms with E-state index in [1.807, 2.05) is 0 Å². The molecule has 18 heavy (non-hydrogen) atoms. The summed E-state index contributed by atoms with van der Waals surface area (Å²) in [6.45, 7) is 2.29. The molecule has 0 aliphatic carbocycles. The van der Waals surface area contributed by atoms with Crippen LogP contribution in [0.2, 0.25) is 10.0 Å². The fourth-order valence-electron chi connectivity index (χ4n) is 1.53. The third kappa shape index (κ3) is 3.83. The van der Waals surface area contributed by atoms with Crippen molar-refractivity contribution in [1.82, 2.24) is 0 Å². The van der Waals surface area contributed by atoms with Crippen molar-refractivity contribution in [3.05, 3.63) is 28.2 Å². The molecule has 0 heterocycles. The van der Waals surface area contributed by atoms with Gasteiger partial charge in [-0.2, -0.15) is 0 Å². The maximum Gasteiger partial charge on any atom is 0.183 e. The van der Waals surface area contributed by atoms with Gasteiger partial charge in [0.25, 0.3) is 0 Å². The van der Waals surface area contributed by atoms with Crippen molar-refractivity contribution in [3.63, 3.8) is 0 Å². The molecule has 0 bridgehead atoms. The Bertz CT molecular complexity index is 485. The second-order valence-corrected chi connectivity index (χ2v) is 6.43. The highest BCUT2D eigenvalue weighted by atomic mass is 35.5. The average molecular weight is 312 g/mol. The minimum absolute atomic E-state index is 0.0634. The molecule has 1 unspecified atom stereocenters. The molecule has 0 aliphatic rings. The molecule has 0 spiro atoms. The molecule has 0 radical (unpaired) electrons. The van der Waals surface area contributed by atoms with E-state index in [2.05, 4.69) is 0 Å². The summed E-state index contributed by atoms with van der Waals surface area (Å²) in [6.07, 6.45) is -0.563. The lowest BCUT2D eigenvalue weighted by molar-refractivity contribution is 0.0846. The van der Waals surface area contributed by atoms with E-state index in [0.29, 0.717) is 6.61 Å². The van der Waals surface area contributed by atoms with Crippen LogP contribution in [0, 0.1) is 0 Å². The highest BCUT2D eigenvalue weighted by Crippen LogP contribution is 2.30. The highest BCUT2D eigenvalue weighted by molar-refractivity contribution is 7.91. The van der Waals surface area contributed by atoms with Gasteiger partial charge in [-0.05, 0) is 19.1 Å². The van der Waals surface area contributed by atoms with Crippen LogP contribution in [0.4, 0.5) is 0 Å². The Hall–Kier alpha value is -0.330. The van der Waals surface area contributed by atoms with Crippen molar-refractivity contribution in [2.75, 3.05) is 18.9 Å². The van der Waals surface area contributed by atoms with E-state index in [1.54, 1.807) is 13.0 Å². The van der Waals surface area contributed by atoms with Crippen LogP contribution in [0.1, 0.15) is 6.92 Å². The topological polar surface area (TPSA) is 69.4 Å². The third-order valence-electron chi connectivity index (χ3n) is 2.30. The van der Waals surface area contributed by atoms with Crippen LogP contribution in [-0.4, -0.2) is 33.4 Å². The smallest absolute Gasteiger partial charge is 0.183 e. The van der Waals surface area contributed by atoms with Crippen LogP contribution in [0.5, 0.6) is 0 Å². The minimum atomic E-state index is -3.62. The van der Waals surface area contributed by atoms with Gasteiger partial charge >= 0.3 is 0 Å². The summed E-state index contributed by atoms with van der Waals surface area (Å²) >= 11 is 11.8. The largest absolute Gasteiger partial charge is 0.376 e. The van der Waals surface area contributed by atoms with Crippen molar-refractivity contribution >= 4 is 33.0 Å². The van der Waals surface area contributed by atoms with Crippen LogP contribution >= 0.6 is 23.2 Å². The molecule has 1 atom stereocenters. The van der Waals surface area contributed by atoms with E-state index >= 15 is 0 Å². The zero-order valence-corrected chi connectivity index (χ0v) is 12.2. The number of nitrogens with two attached hydrogens (primary N) is 1. The monoisotopic (exact) mass is 311 g/mol. The average Bonchev–Trinajstić information content (AvgIpc) is 2.27. The van der Waals surface area contributed by atoms with Crippen LogP contribution in [-0.2, 0) is 14.6 Å². The number of hydrogen-bond donors (Lipinski definition) is 1. The third-order valence-corrected chi connectivity index (χ3v) is 5.03. The fraction of sp³-hybridized carbons (Fsp3) is 0.455. The molecule has 1 rings (SSSR count). The van der Waals surface area contributed by atoms with Gasteiger partial charge in [0.1, 0.15) is 4.90 Å². The molecule has 7 heteroatoms. The standard InChI is InChI=1S/C11H15Cl2NO3S/c1-2-17-8(6-14)7-18(15,16)11-9(12)4-3-5-10(11)13/h3-5,8H,2,6-7,14H2,1H3. The Kier molecular flexibility index (Phi) is 5.88. The van der Waals surface area contributed by atoms with Gasteiger partial charge in [-0.15, -0.1) is 0 Å². The molecular weight excluding hydrogens is 297 g/mol. The lowest BCUT2D eigenvalue weighted by atomic mass is 10.4. The van der Waals surface area contributed by atoms with Crippen molar-refractivity contribution in [2.24, 2.45) is 5.73 Å². The Morgan fingerprint density at radius 2 is 1.89 bits per heavy atom. The van der Waals surface area contributed by atoms with E-state index in [9.17, 15) is 8.42 Å². The molecule has 1 aromatic carbocycles. The van der Waals surface area contributed by atoms with Crippen molar-refractivity contribution in [2.45, 2.75) is 17.9 Å². The fourth-order valence-corrected chi connectivity index (χ4v) is 4.25. The Labute approximate surface area is 117 Å². The van der Waals surface area contributed by atoms with Gasteiger partial charge in [-0.25, -0.2) is 8.42 Å². The van der Waals surface area contributed by atoms with Gasteiger partial charge < -0.3 is 10.5 Å². The second kappa shape index (κ2) is 6.73. The summed E-state index contributed by atoms with van der Waals surface area (Å²) in [5.74, 6) is -0.235. The van der Waals surface area contributed by atoms with Gasteiger partial charge in [0, 0.05) is 13.2 Å². The first kappa shape index (κ1) is 15.7. The molecule has 0 saturated heterocycles. The molecule has 0 aliphatic heterocycles. The molecule has 4 nitrogen and oxygen atoms in total. The molecule has 0 saturated carbocycles. The molecule has 2 N–H and O–H groups in total. The van der Waals surface area contributed by atoms with Crippen molar-refractivity contribution in [3.8, 4) is 0 Å². The zero-order chi connectivity index (χ0) is 13.8. The van der Waals surface area contributed by atoms with E-state index in [1.165, 1.54) is 12.1 Å². The number of benzene rings is 1. The summed E-state index contributed by atoms with van der Waals surface area (Å²) in [5, 5.41) is 0.213. The first-order chi connectivity index (χ1) is 8.42. The number of rotatable bonds is 6. The van der Waals surface area contributed by atoms with Crippen LogP contribution < -0.4 is 5.73 Å². The maximum atomic E-state index is 12.2. The second-order valence-electron chi connectivity index (χ2n) is 3.65. The van der Waals surface area contributed by atoms with Gasteiger partial charge in [0.15, 0.2) is 9.84 Å². The van der Waals surface area contributed by atoms with Gasteiger partial charge in [-0.1, -0.05) is 29.3 Å². The Morgan fingerprint density at radius 1 is 1.33 bits per heavy atom. The van der Waals surface area contributed by atoms with E-state index < -0.39 is 15.9 Å². The number of ether oxygens (including phenoxy) is 1. The van der Waals surface area contributed by atoms with Crippen molar-refractivity contribution in [1.29, 1.82) is 0 Å². The zero-order valence-electron chi connectivity index (χ0n) is 9.90. The predicted octanol–water partition coefficient (Wildman–Crippen LogP) is 2.13. The first-order valence-corrected chi connectivity index (χ1v) is 7.81. The van der Waals surface area contributed by atoms with Crippen molar-refractivity contribution < 1.29 is 13.2 Å². The lowest BCUT2D eigenvalue weighted by Crippen LogP contribution is -2.31. The number of hydrogen-bond acceptors (Lipinski definition) is 4. The Balaban J connectivity index is 3.06. The molecule has 0 fully saturated rings. The summed E-state index contributed by atoms with van der Waals surface area (Å²) in [7, 11) is -3.62. The number of halogens is 2. The Morgan fingerprint density at radius 3 is 2.33 bits per heavy atom. The summed E-state index contributed by atoms with van der Waals surface area (Å²) in [4.78, 5) is -0.0634. The normalized spacial score (nSPS) is 13.6. The van der Waals surface area contributed by atoms with E-state index in [4.69, 9.17) is 33.7 Å². The van der Waals surface area contributed by atoms with Gasteiger partial charge in [0.05, 0.1) is 21.9 Å². The minimum Gasteiger partial charge on any atom is -0.376 e. The van der Waals surface area contributed by atoms with Gasteiger partial charge in [0.2, 0.25) is 0 Å².